The van der Waals surface area contributed by atoms with Gasteiger partial charge < -0.3 is 5.73 Å². The molecule has 0 spiro atoms. The minimum atomic E-state index is 0.0902. The fourth-order valence-corrected chi connectivity index (χ4v) is 1.93. The number of rotatable bonds is 0. The van der Waals surface area contributed by atoms with E-state index in [1.165, 1.54) is 0 Å². The predicted molar refractivity (Wildman–Crippen MR) is 49.1 cm³/mol. The summed E-state index contributed by atoms with van der Waals surface area (Å²) in [6, 6.07) is 1.92. The number of fused-ring (bicyclic) bond motifs is 1. The van der Waals surface area contributed by atoms with Gasteiger partial charge in [-0.2, -0.15) is 0 Å². The summed E-state index contributed by atoms with van der Waals surface area (Å²) in [7, 11) is 0. The van der Waals surface area contributed by atoms with Gasteiger partial charge in [-0.3, -0.25) is 4.98 Å². The minimum Gasteiger partial charge on any atom is -0.323 e. The fourth-order valence-electron chi connectivity index (χ4n) is 1.69. The molecule has 2 nitrogen and oxygen atoms in total. The van der Waals surface area contributed by atoms with Gasteiger partial charge in [-0.1, -0.05) is 11.6 Å². The maximum Gasteiger partial charge on any atom is 0.0617 e. The van der Waals surface area contributed by atoms with Crippen LogP contribution in [-0.2, 0) is 6.42 Å². The van der Waals surface area contributed by atoms with E-state index in [1.54, 1.807) is 6.20 Å². The third kappa shape index (κ3) is 1.21. The number of pyridine rings is 1. The molecular weight excluding hydrogens is 172 g/mol. The van der Waals surface area contributed by atoms with Crippen LogP contribution in [0.2, 0.25) is 5.02 Å². The van der Waals surface area contributed by atoms with Gasteiger partial charge in [0.15, 0.2) is 0 Å². The number of aromatic nitrogens is 1. The van der Waals surface area contributed by atoms with Crippen molar-refractivity contribution in [2.75, 3.05) is 0 Å². The molecule has 1 heterocycles. The first-order valence-corrected chi connectivity index (χ1v) is 4.55. The molecule has 0 amide bonds. The quantitative estimate of drug-likeness (QED) is 0.667. The van der Waals surface area contributed by atoms with Gasteiger partial charge >= 0.3 is 0 Å². The summed E-state index contributed by atoms with van der Waals surface area (Å²) in [4.78, 5) is 4.25. The van der Waals surface area contributed by atoms with E-state index >= 15 is 0 Å². The van der Waals surface area contributed by atoms with E-state index < -0.39 is 0 Å². The molecule has 0 bridgehead atoms. The Hall–Kier alpha value is -0.600. The topological polar surface area (TPSA) is 38.9 Å². The number of nitrogens with two attached hydrogens (primary N) is 1. The fraction of sp³-hybridized carbons (Fsp3) is 0.444. The van der Waals surface area contributed by atoms with Gasteiger partial charge in [0.25, 0.3) is 0 Å². The van der Waals surface area contributed by atoms with Crippen LogP contribution in [0.3, 0.4) is 0 Å². The molecule has 3 heteroatoms. The van der Waals surface area contributed by atoms with Gasteiger partial charge in [0, 0.05) is 17.3 Å². The van der Waals surface area contributed by atoms with Gasteiger partial charge in [-0.15, -0.1) is 0 Å². The molecule has 0 radical (unpaired) electrons. The Balaban J connectivity index is 2.52. The second-order valence-electron chi connectivity index (χ2n) is 3.16. The largest absolute Gasteiger partial charge is 0.323 e. The minimum absolute atomic E-state index is 0.0902. The lowest BCUT2D eigenvalue weighted by molar-refractivity contribution is 0.554. The first-order chi connectivity index (χ1) is 5.79. The van der Waals surface area contributed by atoms with Crippen molar-refractivity contribution in [3.8, 4) is 0 Å². The third-order valence-electron chi connectivity index (χ3n) is 2.33. The van der Waals surface area contributed by atoms with Crippen LogP contribution in [-0.4, -0.2) is 4.98 Å². The Morgan fingerprint density at radius 3 is 3.17 bits per heavy atom. The van der Waals surface area contributed by atoms with Crippen LogP contribution in [0.4, 0.5) is 0 Å². The summed E-state index contributed by atoms with van der Waals surface area (Å²) in [5, 5.41) is 0.815. The maximum absolute atomic E-state index is 6.01. The van der Waals surface area contributed by atoms with Crippen molar-refractivity contribution >= 4 is 11.6 Å². The van der Waals surface area contributed by atoms with Crippen LogP contribution in [0.5, 0.6) is 0 Å². The Bertz CT molecular complexity index is 299. The normalized spacial score (nSPS) is 22.0. The van der Waals surface area contributed by atoms with Crippen molar-refractivity contribution in [3.63, 3.8) is 0 Å². The average molecular weight is 183 g/mol. The average Bonchev–Trinajstić information content (AvgIpc) is 2.07. The Kier molecular flexibility index (Phi) is 2.03. The highest BCUT2D eigenvalue weighted by Gasteiger charge is 2.19. The molecule has 0 saturated carbocycles. The summed E-state index contributed by atoms with van der Waals surface area (Å²) in [5.74, 6) is 0. The zero-order valence-corrected chi connectivity index (χ0v) is 7.51. The number of hydrogen-bond acceptors (Lipinski definition) is 2. The number of nitrogens with zero attached hydrogens (tertiary/aromatic N) is 1. The lowest BCUT2D eigenvalue weighted by Crippen LogP contribution is -2.19. The van der Waals surface area contributed by atoms with Crippen LogP contribution in [0.15, 0.2) is 12.3 Å². The van der Waals surface area contributed by atoms with Crippen LogP contribution in [0, 0.1) is 0 Å². The van der Waals surface area contributed by atoms with Crippen molar-refractivity contribution in [1.82, 2.24) is 4.98 Å². The second-order valence-corrected chi connectivity index (χ2v) is 3.56. The SMILES string of the molecule is N[C@H]1CCCc2c(Cl)ccnc21. The van der Waals surface area contributed by atoms with Gasteiger partial charge in [0.1, 0.15) is 0 Å². The molecule has 1 atom stereocenters. The molecule has 1 aromatic rings. The Labute approximate surface area is 76.7 Å². The summed E-state index contributed by atoms with van der Waals surface area (Å²) in [6.45, 7) is 0. The molecule has 0 aromatic carbocycles. The molecule has 12 heavy (non-hydrogen) atoms. The predicted octanol–water partition coefficient (Wildman–Crippen LogP) is 2.07. The maximum atomic E-state index is 6.01. The van der Waals surface area contributed by atoms with Crippen molar-refractivity contribution in [2.45, 2.75) is 25.3 Å². The number of hydrogen-bond donors (Lipinski definition) is 1. The van der Waals surface area contributed by atoms with Crippen LogP contribution < -0.4 is 5.73 Å². The molecule has 1 aromatic heterocycles. The highest BCUT2D eigenvalue weighted by molar-refractivity contribution is 6.31. The summed E-state index contributed by atoms with van der Waals surface area (Å²) in [6.07, 6.45) is 4.90. The molecule has 64 valence electrons. The zero-order valence-electron chi connectivity index (χ0n) is 6.76. The molecular formula is C9H11ClN2. The van der Waals surface area contributed by atoms with Gasteiger partial charge in [-0.05, 0) is 30.9 Å². The first-order valence-electron chi connectivity index (χ1n) is 4.18. The third-order valence-corrected chi connectivity index (χ3v) is 2.68. The van der Waals surface area contributed by atoms with Crippen LogP contribution in [0.25, 0.3) is 0 Å². The zero-order chi connectivity index (χ0) is 8.55. The van der Waals surface area contributed by atoms with E-state index in [1.807, 2.05) is 6.07 Å². The molecule has 2 N–H and O–H groups in total. The Morgan fingerprint density at radius 1 is 1.58 bits per heavy atom. The van der Waals surface area contributed by atoms with Gasteiger partial charge in [0.2, 0.25) is 0 Å². The standard InChI is InChI=1S/C9H11ClN2/c10-7-4-5-12-9-6(7)2-1-3-8(9)11/h4-5,8H,1-3,11H2/t8-/m0/s1. The number of halogens is 1. The van der Waals surface area contributed by atoms with E-state index in [4.69, 9.17) is 17.3 Å². The molecule has 0 saturated heterocycles. The second kappa shape index (κ2) is 3.04. The monoisotopic (exact) mass is 182 g/mol. The molecule has 0 unspecified atom stereocenters. The Morgan fingerprint density at radius 2 is 2.42 bits per heavy atom. The highest BCUT2D eigenvalue weighted by atomic mass is 35.5. The van der Waals surface area contributed by atoms with Crippen molar-refractivity contribution in [3.05, 3.63) is 28.5 Å². The smallest absolute Gasteiger partial charge is 0.0617 e. The summed E-state index contributed by atoms with van der Waals surface area (Å²) < 4.78 is 0. The molecule has 0 fully saturated rings. The van der Waals surface area contributed by atoms with Crippen molar-refractivity contribution in [1.29, 1.82) is 0 Å². The van der Waals surface area contributed by atoms with Crippen molar-refractivity contribution < 1.29 is 0 Å². The molecule has 0 aliphatic heterocycles. The highest BCUT2D eigenvalue weighted by Crippen LogP contribution is 2.30. The lowest BCUT2D eigenvalue weighted by atomic mass is 9.92. The van der Waals surface area contributed by atoms with E-state index in [-0.39, 0.29) is 6.04 Å². The molecule has 2 rings (SSSR count). The van der Waals surface area contributed by atoms with E-state index in [0.717, 1.165) is 35.5 Å². The van der Waals surface area contributed by atoms with E-state index in [2.05, 4.69) is 4.98 Å². The van der Waals surface area contributed by atoms with Crippen molar-refractivity contribution in [2.24, 2.45) is 5.73 Å². The summed E-state index contributed by atoms with van der Waals surface area (Å²) >= 11 is 6.01. The van der Waals surface area contributed by atoms with E-state index in [0.29, 0.717) is 0 Å². The van der Waals surface area contributed by atoms with Gasteiger partial charge in [0.05, 0.1) is 5.69 Å². The lowest BCUT2D eigenvalue weighted by Gasteiger charge is -2.21. The summed E-state index contributed by atoms with van der Waals surface area (Å²) in [5.41, 5.74) is 8.04. The molecule has 1 aliphatic rings. The molecule has 1 aliphatic carbocycles. The van der Waals surface area contributed by atoms with Gasteiger partial charge in [-0.25, -0.2) is 0 Å². The van der Waals surface area contributed by atoms with Crippen LogP contribution in [0.1, 0.15) is 30.1 Å². The van der Waals surface area contributed by atoms with Crippen LogP contribution >= 0.6 is 11.6 Å². The first kappa shape index (κ1) is 8.02. The van der Waals surface area contributed by atoms with E-state index in [9.17, 15) is 0 Å².